The number of phosphoric ester groups is 2. The molecule has 0 radical (unpaired) electrons. The lowest BCUT2D eigenvalue weighted by Gasteiger charge is -2.21. The zero-order valence-corrected chi connectivity index (χ0v) is 60.1. The summed E-state index contributed by atoms with van der Waals surface area (Å²) < 4.78 is 68.3. The van der Waals surface area contributed by atoms with Gasteiger partial charge in [0.2, 0.25) is 0 Å². The van der Waals surface area contributed by atoms with Crippen molar-refractivity contribution in [3.05, 3.63) is 0 Å². The molecule has 5 atom stereocenters. The van der Waals surface area contributed by atoms with E-state index in [1.165, 1.54) is 193 Å². The van der Waals surface area contributed by atoms with E-state index >= 15 is 0 Å². The van der Waals surface area contributed by atoms with Crippen molar-refractivity contribution in [3.63, 3.8) is 0 Å². The van der Waals surface area contributed by atoms with Crippen LogP contribution in [0, 0.1) is 5.92 Å². The maximum atomic E-state index is 13.0. The van der Waals surface area contributed by atoms with E-state index in [0.717, 1.165) is 95.8 Å². The summed E-state index contributed by atoms with van der Waals surface area (Å²) in [5.41, 5.74) is 0. The van der Waals surface area contributed by atoms with Crippen LogP contribution in [-0.4, -0.2) is 96.7 Å². The molecule has 0 heterocycles. The molecule has 0 aromatic rings. The Morgan fingerprint density at radius 3 is 0.756 bits per heavy atom. The third kappa shape index (κ3) is 64.8. The quantitative estimate of drug-likeness (QED) is 0.0222. The summed E-state index contributed by atoms with van der Waals surface area (Å²) in [4.78, 5) is 72.6. The molecule has 0 aromatic heterocycles. The highest BCUT2D eigenvalue weighted by atomic mass is 31.2. The molecule has 0 bridgehead atoms. The summed E-state index contributed by atoms with van der Waals surface area (Å²) in [7, 11) is -9.90. The minimum Gasteiger partial charge on any atom is -0.462 e. The first kappa shape index (κ1) is 88.1. The Morgan fingerprint density at radius 2 is 0.511 bits per heavy atom. The van der Waals surface area contributed by atoms with E-state index in [1.807, 2.05) is 0 Å². The molecule has 0 aliphatic heterocycles. The normalized spacial score (nSPS) is 14.1. The maximum absolute atomic E-state index is 13.0. The Morgan fingerprint density at radius 1 is 0.300 bits per heavy atom. The van der Waals surface area contributed by atoms with Gasteiger partial charge in [0.25, 0.3) is 0 Å². The second kappa shape index (κ2) is 64.4. The van der Waals surface area contributed by atoms with Crippen LogP contribution in [0.25, 0.3) is 0 Å². The van der Waals surface area contributed by atoms with Crippen molar-refractivity contribution in [2.45, 2.75) is 387 Å². The summed E-state index contributed by atoms with van der Waals surface area (Å²) in [5, 5.41) is 10.6. The largest absolute Gasteiger partial charge is 0.472 e. The summed E-state index contributed by atoms with van der Waals surface area (Å²) in [6.07, 6.45) is 51.1. The molecule has 3 N–H and O–H groups in total. The second-order valence-corrected chi connectivity index (χ2v) is 29.0. The van der Waals surface area contributed by atoms with Gasteiger partial charge in [-0.3, -0.25) is 37.3 Å². The number of phosphoric acid groups is 2. The Bertz CT molecular complexity index is 1740. The molecule has 0 saturated carbocycles. The number of rotatable bonds is 71. The Kier molecular flexibility index (Phi) is 63.0. The maximum Gasteiger partial charge on any atom is 0.472 e. The van der Waals surface area contributed by atoms with Crippen LogP contribution >= 0.6 is 15.6 Å². The van der Waals surface area contributed by atoms with Crippen molar-refractivity contribution in [1.29, 1.82) is 0 Å². The van der Waals surface area contributed by atoms with Gasteiger partial charge >= 0.3 is 39.5 Å². The molecule has 0 rings (SSSR count). The van der Waals surface area contributed by atoms with E-state index in [1.54, 1.807) is 0 Å². The molecule has 0 aliphatic rings. The zero-order chi connectivity index (χ0) is 66.3. The van der Waals surface area contributed by atoms with Crippen molar-refractivity contribution in [2.24, 2.45) is 5.92 Å². The van der Waals surface area contributed by atoms with Crippen molar-refractivity contribution >= 4 is 39.5 Å². The van der Waals surface area contributed by atoms with Gasteiger partial charge in [0, 0.05) is 25.7 Å². The first-order chi connectivity index (χ1) is 43.5. The molecule has 0 saturated heterocycles. The molecular weight excluding hydrogens is 1190 g/mol. The molecule has 0 fully saturated rings. The van der Waals surface area contributed by atoms with Crippen LogP contribution in [-0.2, 0) is 65.4 Å². The molecule has 90 heavy (non-hydrogen) atoms. The van der Waals surface area contributed by atoms with Gasteiger partial charge in [0.15, 0.2) is 12.2 Å². The lowest BCUT2D eigenvalue weighted by Crippen LogP contribution is -2.30. The molecule has 0 spiro atoms. The highest BCUT2D eigenvalue weighted by molar-refractivity contribution is 7.47. The van der Waals surface area contributed by atoms with Gasteiger partial charge in [-0.05, 0) is 31.6 Å². The average molecular weight is 1330 g/mol. The van der Waals surface area contributed by atoms with E-state index in [4.69, 9.17) is 37.0 Å². The van der Waals surface area contributed by atoms with Gasteiger partial charge in [-0.25, -0.2) is 9.13 Å². The third-order valence-electron chi connectivity index (χ3n) is 16.5. The summed E-state index contributed by atoms with van der Waals surface area (Å²) in [6.45, 7) is 7.26. The van der Waals surface area contributed by atoms with Gasteiger partial charge in [0.1, 0.15) is 19.3 Å². The molecule has 2 unspecified atom stereocenters. The van der Waals surface area contributed by atoms with Crippen molar-refractivity contribution in [3.8, 4) is 0 Å². The number of hydrogen-bond acceptors (Lipinski definition) is 15. The summed E-state index contributed by atoms with van der Waals surface area (Å²) >= 11 is 0. The van der Waals surface area contributed by atoms with Crippen molar-refractivity contribution in [1.82, 2.24) is 0 Å². The van der Waals surface area contributed by atoms with Crippen LogP contribution in [0.5, 0.6) is 0 Å². The van der Waals surface area contributed by atoms with E-state index in [-0.39, 0.29) is 25.7 Å². The van der Waals surface area contributed by atoms with E-state index in [9.17, 15) is 43.2 Å². The van der Waals surface area contributed by atoms with Gasteiger partial charge in [0.05, 0.1) is 26.4 Å². The lowest BCUT2D eigenvalue weighted by molar-refractivity contribution is -0.161. The minimum absolute atomic E-state index is 0.107. The van der Waals surface area contributed by atoms with Crippen LogP contribution in [0.1, 0.15) is 369 Å². The van der Waals surface area contributed by atoms with Crippen molar-refractivity contribution < 1.29 is 80.2 Å². The molecule has 0 amide bonds. The fourth-order valence-corrected chi connectivity index (χ4v) is 12.4. The van der Waals surface area contributed by atoms with Crippen molar-refractivity contribution in [2.75, 3.05) is 39.6 Å². The number of ether oxygens (including phenoxy) is 4. The molecule has 534 valence electrons. The fourth-order valence-electron chi connectivity index (χ4n) is 10.8. The Hall–Kier alpha value is -1.94. The first-order valence-corrected chi connectivity index (χ1v) is 40.1. The molecule has 17 nitrogen and oxygen atoms in total. The summed E-state index contributed by atoms with van der Waals surface area (Å²) in [6, 6.07) is 0. The second-order valence-electron chi connectivity index (χ2n) is 26.1. The fraction of sp³-hybridized carbons (Fsp3) is 0.944. The number of aliphatic hydroxyl groups is 1. The van der Waals surface area contributed by atoms with Crippen LogP contribution < -0.4 is 0 Å². The summed E-state index contributed by atoms with van der Waals surface area (Å²) in [5.74, 6) is -1.34. The SMILES string of the molecule is CCCCCCCCCCCCCCCCC(=O)OC[C@H](COP(=O)(O)OC[C@@H](O)COP(=O)(O)OC[C@@H](COC(=O)CCCCCCCCCCCC)OC(=O)CCCCCCCCCCCCC)OC(=O)CCCCCCCCCCCCCCC(C)C. The topological polar surface area (TPSA) is 237 Å². The van der Waals surface area contributed by atoms with Crippen LogP contribution in [0.3, 0.4) is 0 Å². The zero-order valence-electron chi connectivity index (χ0n) is 58.3. The lowest BCUT2D eigenvalue weighted by atomic mass is 10.0. The number of esters is 4. The number of aliphatic hydroxyl groups excluding tert-OH is 1. The first-order valence-electron chi connectivity index (χ1n) is 37.1. The molecule has 0 aliphatic carbocycles. The van der Waals surface area contributed by atoms with Crippen LogP contribution in [0.4, 0.5) is 0 Å². The minimum atomic E-state index is -4.95. The predicted octanol–water partition coefficient (Wildman–Crippen LogP) is 20.5. The van der Waals surface area contributed by atoms with E-state index in [0.29, 0.717) is 25.7 Å². The number of hydrogen-bond donors (Lipinski definition) is 3. The van der Waals surface area contributed by atoms with Gasteiger partial charge in [-0.15, -0.1) is 0 Å². The Labute approximate surface area is 549 Å². The van der Waals surface area contributed by atoms with Gasteiger partial charge < -0.3 is 33.8 Å². The highest BCUT2D eigenvalue weighted by Crippen LogP contribution is 2.45. The number of unbranched alkanes of at least 4 members (excludes halogenated alkanes) is 43. The molecule has 19 heteroatoms. The Balaban J connectivity index is 5.24. The van der Waals surface area contributed by atoms with Crippen LogP contribution in [0.15, 0.2) is 0 Å². The monoisotopic (exact) mass is 1320 g/mol. The molecular formula is C71H138O17P2. The number of carbonyl (C=O) groups is 4. The predicted molar refractivity (Wildman–Crippen MR) is 363 cm³/mol. The van der Waals surface area contributed by atoms with E-state index in [2.05, 4.69) is 34.6 Å². The smallest absolute Gasteiger partial charge is 0.462 e. The average Bonchev–Trinajstić information content (AvgIpc) is 3.60. The number of carbonyl (C=O) groups excluding carboxylic acids is 4. The standard InChI is InChI=1S/C71H138O17P2/c1-6-9-12-15-18-21-24-25-26-31-35-40-45-50-55-69(74)82-61-67(88-71(76)57-52-47-42-37-32-28-27-30-33-38-43-48-53-64(4)5)63-86-90(79,80)84-59-65(72)58-83-89(77,78)85-62-66(60-81-68(73)54-49-44-39-34-23-20-17-14-11-8-3)87-70(75)56-51-46-41-36-29-22-19-16-13-10-7-2/h64-67,72H,6-63H2,1-5H3,(H,77,78)(H,79,80)/t65-,66+,67+/m0/s1. The van der Waals surface area contributed by atoms with Gasteiger partial charge in [-0.1, -0.05) is 317 Å². The highest BCUT2D eigenvalue weighted by Gasteiger charge is 2.30. The van der Waals surface area contributed by atoms with Crippen LogP contribution in [0.2, 0.25) is 0 Å². The third-order valence-corrected chi connectivity index (χ3v) is 18.4. The van der Waals surface area contributed by atoms with Gasteiger partial charge in [-0.2, -0.15) is 0 Å². The van der Waals surface area contributed by atoms with E-state index < -0.39 is 97.5 Å². The molecule has 0 aromatic carbocycles.